The second-order valence-corrected chi connectivity index (χ2v) is 8.64. The number of nitrogens with zero attached hydrogens (tertiary/aromatic N) is 3. The molecule has 0 radical (unpaired) electrons. The Hall–Kier alpha value is -2.63. The van der Waals surface area contributed by atoms with Crippen LogP contribution in [0.25, 0.3) is 0 Å². The molecule has 8 heteroatoms. The summed E-state index contributed by atoms with van der Waals surface area (Å²) in [4.78, 5) is 32.9. The van der Waals surface area contributed by atoms with Crippen molar-refractivity contribution in [1.29, 1.82) is 0 Å². The van der Waals surface area contributed by atoms with Crippen molar-refractivity contribution in [1.82, 2.24) is 14.8 Å². The number of ether oxygens (including phenoxy) is 1. The number of hydrogen-bond acceptors (Lipinski definition) is 6. The van der Waals surface area contributed by atoms with Crippen LogP contribution in [-0.2, 0) is 4.79 Å². The van der Waals surface area contributed by atoms with Gasteiger partial charge in [0, 0.05) is 37.7 Å². The predicted molar refractivity (Wildman–Crippen MR) is 117 cm³/mol. The zero-order chi connectivity index (χ0) is 23.3. The van der Waals surface area contributed by atoms with Gasteiger partial charge in [-0.15, -0.1) is 0 Å². The number of aliphatic hydroxyl groups excluding tert-OH is 1. The molecule has 2 heterocycles. The molecule has 0 saturated heterocycles. The monoisotopic (exact) mass is 431 g/mol. The first-order valence-corrected chi connectivity index (χ1v) is 10.5. The number of likely N-dealkylation sites (N-methyl/N-ethyl adjacent to an activating group) is 1. The zero-order valence-corrected chi connectivity index (χ0v) is 19.2. The highest BCUT2D eigenvalue weighted by Crippen LogP contribution is 2.27. The molecular formula is C23H33N3O5. The van der Waals surface area contributed by atoms with Gasteiger partial charge < -0.3 is 24.7 Å². The molecule has 2 rings (SSSR count). The maximum Gasteiger partial charge on any atom is 0.259 e. The van der Waals surface area contributed by atoms with E-state index >= 15 is 0 Å². The van der Waals surface area contributed by atoms with Crippen molar-refractivity contribution >= 4 is 11.8 Å². The molecule has 1 aromatic rings. The van der Waals surface area contributed by atoms with Crippen LogP contribution in [0.5, 0.6) is 5.88 Å². The number of aliphatic hydroxyl groups is 2. The van der Waals surface area contributed by atoms with Gasteiger partial charge in [0.05, 0.1) is 19.2 Å². The fraction of sp³-hybridized carbons (Fsp3) is 0.609. The van der Waals surface area contributed by atoms with E-state index in [1.165, 1.54) is 6.20 Å². The van der Waals surface area contributed by atoms with Crippen molar-refractivity contribution in [2.24, 2.45) is 5.92 Å². The Morgan fingerprint density at radius 2 is 2.16 bits per heavy atom. The van der Waals surface area contributed by atoms with Gasteiger partial charge in [-0.2, -0.15) is 0 Å². The molecule has 0 bridgehead atoms. The number of aromatic nitrogens is 1. The minimum atomic E-state index is -1.18. The summed E-state index contributed by atoms with van der Waals surface area (Å²) in [6.07, 6.45) is 1.50. The van der Waals surface area contributed by atoms with E-state index in [-0.39, 0.29) is 41.9 Å². The molecular weight excluding hydrogens is 398 g/mol. The number of carbonyl (C=O) groups is 2. The first-order valence-electron chi connectivity index (χ1n) is 10.5. The molecule has 2 N–H and O–H groups in total. The second-order valence-electron chi connectivity index (χ2n) is 8.64. The lowest BCUT2D eigenvalue weighted by Gasteiger charge is -2.37. The first-order chi connectivity index (χ1) is 14.5. The maximum atomic E-state index is 13.3. The molecule has 0 spiro atoms. The Bertz CT molecular complexity index is 868. The third kappa shape index (κ3) is 6.42. The lowest BCUT2D eigenvalue weighted by atomic mass is 9.99. The summed E-state index contributed by atoms with van der Waals surface area (Å²) >= 11 is 0. The van der Waals surface area contributed by atoms with Crippen molar-refractivity contribution in [3.05, 3.63) is 23.4 Å². The van der Waals surface area contributed by atoms with E-state index in [4.69, 9.17) is 4.74 Å². The molecule has 0 unspecified atom stereocenters. The molecule has 1 aromatic heterocycles. The lowest BCUT2D eigenvalue weighted by Crippen LogP contribution is -2.50. The topological polar surface area (TPSA) is 103 Å². The van der Waals surface area contributed by atoms with Gasteiger partial charge in [0.15, 0.2) is 0 Å². The van der Waals surface area contributed by atoms with Crippen molar-refractivity contribution in [3.8, 4) is 17.7 Å². The Kier molecular flexibility index (Phi) is 8.04. The molecule has 0 aromatic carbocycles. The number of fused-ring (bicyclic) bond motifs is 1. The highest BCUT2D eigenvalue weighted by atomic mass is 16.5. The van der Waals surface area contributed by atoms with Gasteiger partial charge in [-0.25, -0.2) is 4.98 Å². The van der Waals surface area contributed by atoms with Crippen molar-refractivity contribution in [2.75, 3.05) is 26.7 Å². The van der Waals surface area contributed by atoms with Crippen LogP contribution in [-0.4, -0.2) is 81.3 Å². The minimum absolute atomic E-state index is 0.0000544. The molecule has 0 aliphatic carbocycles. The molecule has 1 aliphatic heterocycles. The summed E-state index contributed by atoms with van der Waals surface area (Å²) < 4.78 is 6.13. The summed E-state index contributed by atoms with van der Waals surface area (Å²) in [5, 5.41) is 19.6. The van der Waals surface area contributed by atoms with E-state index < -0.39 is 11.6 Å². The van der Waals surface area contributed by atoms with Gasteiger partial charge in [-0.1, -0.05) is 25.7 Å². The minimum Gasteiger partial charge on any atom is -0.472 e. The van der Waals surface area contributed by atoms with Gasteiger partial charge in [-0.3, -0.25) is 9.59 Å². The average molecular weight is 432 g/mol. The van der Waals surface area contributed by atoms with Crippen LogP contribution in [0.4, 0.5) is 0 Å². The third-order valence-electron chi connectivity index (χ3n) is 5.22. The van der Waals surface area contributed by atoms with Crippen LogP contribution in [0.3, 0.4) is 0 Å². The van der Waals surface area contributed by atoms with Crippen LogP contribution in [0.1, 0.15) is 57.0 Å². The summed E-state index contributed by atoms with van der Waals surface area (Å²) in [6.45, 7) is 9.20. The summed E-state index contributed by atoms with van der Waals surface area (Å²) in [5.41, 5.74) is -0.471. The van der Waals surface area contributed by atoms with Crippen LogP contribution in [0.15, 0.2) is 12.3 Å². The predicted octanol–water partition coefficient (Wildman–Crippen LogP) is 1.29. The van der Waals surface area contributed by atoms with Crippen molar-refractivity contribution < 1.29 is 24.5 Å². The fourth-order valence-corrected chi connectivity index (χ4v) is 3.26. The number of rotatable bonds is 5. The van der Waals surface area contributed by atoms with Gasteiger partial charge in [0.1, 0.15) is 17.3 Å². The molecule has 0 saturated carbocycles. The number of carbonyl (C=O) groups excluding carboxylic acids is 2. The van der Waals surface area contributed by atoms with Crippen LogP contribution < -0.4 is 4.74 Å². The third-order valence-corrected chi connectivity index (χ3v) is 5.22. The second kappa shape index (κ2) is 10.1. The lowest BCUT2D eigenvalue weighted by molar-refractivity contribution is -0.131. The Balaban J connectivity index is 2.49. The molecule has 8 nitrogen and oxygen atoms in total. The molecule has 31 heavy (non-hydrogen) atoms. The van der Waals surface area contributed by atoms with E-state index in [1.54, 1.807) is 50.6 Å². The van der Waals surface area contributed by atoms with Crippen LogP contribution in [0.2, 0.25) is 0 Å². The van der Waals surface area contributed by atoms with Gasteiger partial charge in [0.2, 0.25) is 11.8 Å². The van der Waals surface area contributed by atoms with E-state index in [0.717, 1.165) is 0 Å². The molecule has 3 atom stereocenters. The Morgan fingerprint density at radius 3 is 2.74 bits per heavy atom. The standard InChI is InChI=1S/C23H33N3O5/c1-7-20(28)25(6)13-19-15(2)12-26(16(3)14-27)22(29)18-10-17(8-9-23(4,5)30)11-24-21(18)31-19/h10-11,15-16,19,27,30H,7,12-14H2,1-6H3/t15-,16-,19-/m0/s1. The summed E-state index contributed by atoms with van der Waals surface area (Å²) in [7, 11) is 1.73. The largest absolute Gasteiger partial charge is 0.472 e. The summed E-state index contributed by atoms with van der Waals surface area (Å²) in [6, 6.07) is 1.19. The van der Waals surface area contributed by atoms with E-state index in [0.29, 0.717) is 25.1 Å². The fourth-order valence-electron chi connectivity index (χ4n) is 3.26. The van der Waals surface area contributed by atoms with Crippen molar-refractivity contribution in [2.45, 2.75) is 58.8 Å². The number of hydrogen-bond donors (Lipinski definition) is 2. The van der Waals surface area contributed by atoms with E-state index in [1.807, 2.05) is 6.92 Å². The maximum absolute atomic E-state index is 13.3. The van der Waals surface area contributed by atoms with Crippen molar-refractivity contribution in [3.63, 3.8) is 0 Å². The average Bonchev–Trinajstić information content (AvgIpc) is 2.72. The van der Waals surface area contributed by atoms with Crippen LogP contribution >= 0.6 is 0 Å². The van der Waals surface area contributed by atoms with Gasteiger partial charge >= 0.3 is 0 Å². The number of amides is 2. The Labute approximate surface area is 184 Å². The van der Waals surface area contributed by atoms with E-state index in [2.05, 4.69) is 16.8 Å². The van der Waals surface area contributed by atoms with Crippen LogP contribution in [0, 0.1) is 17.8 Å². The molecule has 170 valence electrons. The smallest absolute Gasteiger partial charge is 0.259 e. The molecule has 0 fully saturated rings. The first kappa shape index (κ1) is 24.6. The highest BCUT2D eigenvalue weighted by molar-refractivity contribution is 5.97. The Morgan fingerprint density at radius 1 is 1.48 bits per heavy atom. The van der Waals surface area contributed by atoms with Gasteiger partial charge in [-0.05, 0) is 26.8 Å². The normalized spacial score (nSPS) is 19.9. The number of pyridine rings is 1. The molecule has 2 amide bonds. The van der Waals surface area contributed by atoms with E-state index in [9.17, 15) is 19.8 Å². The molecule has 1 aliphatic rings. The highest BCUT2D eigenvalue weighted by Gasteiger charge is 2.34. The van der Waals surface area contributed by atoms with Gasteiger partial charge in [0.25, 0.3) is 5.91 Å². The summed E-state index contributed by atoms with van der Waals surface area (Å²) in [5.74, 6) is 5.30. The quantitative estimate of drug-likeness (QED) is 0.681. The zero-order valence-electron chi connectivity index (χ0n) is 19.2. The SMILES string of the molecule is CCC(=O)N(C)C[C@@H]1Oc2ncc(C#CC(C)(C)O)cc2C(=O)N([C@@H](C)CO)C[C@@H]1C.